The van der Waals surface area contributed by atoms with E-state index in [9.17, 15) is 19.8 Å². The molecule has 0 bridgehead atoms. The second-order valence-electron chi connectivity index (χ2n) is 18.0. The molecule has 360 valence electrons. The summed E-state index contributed by atoms with van der Waals surface area (Å²) in [5.74, 6) is -0.527. The number of aliphatic hydroxyl groups is 2. The zero-order valence-electron chi connectivity index (χ0n) is 41.0. The molecule has 0 spiro atoms. The minimum absolute atomic E-state index is 0.0462. The quantitative estimate of drug-likeness (QED) is 0.0245. The number of ether oxygens (including phenoxy) is 1. The third-order valence-electron chi connectivity index (χ3n) is 11.9. The number of allylic oxidation sites excluding steroid dienone is 10. The van der Waals surface area contributed by atoms with Gasteiger partial charge < -0.3 is 20.3 Å². The first-order valence-electron chi connectivity index (χ1n) is 26.6. The van der Waals surface area contributed by atoms with E-state index >= 15 is 0 Å². The summed E-state index contributed by atoms with van der Waals surface area (Å²) in [5, 5.41) is 23.8. The zero-order valence-corrected chi connectivity index (χ0v) is 41.0. The van der Waals surface area contributed by atoms with E-state index in [-0.39, 0.29) is 24.9 Å². The highest BCUT2D eigenvalue weighted by molar-refractivity contribution is 5.77. The van der Waals surface area contributed by atoms with E-state index in [1.807, 2.05) is 0 Å². The number of unbranched alkanes of at least 4 members (excludes halogenated alkanes) is 28. The first-order valence-corrected chi connectivity index (χ1v) is 26.6. The fraction of sp³-hybridized carbons (Fsp3) is 0.786. The van der Waals surface area contributed by atoms with Gasteiger partial charge in [0.1, 0.15) is 6.10 Å². The number of rotatable bonds is 47. The molecule has 0 rings (SSSR count). The molecule has 3 unspecified atom stereocenters. The molecule has 1 amide bonds. The second kappa shape index (κ2) is 49.6. The Bertz CT molecular complexity index is 1110. The maximum atomic E-state index is 13.2. The molecule has 3 atom stereocenters. The Balaban J connectivity index is 4.62. The van der Waals surface area contributed by atoms with E-state index < -0.39 is 18.2 Å². The van der Waals surface area contributed by atoms with Gasteiger partial charge in [-0.05, 0) is 70.6 Å². The average Bonchev–Trinajstić information content (AvgIpc) is 3.26. The van der Waals surface area contributed by atoms with Gasteiger partial charge in [0, 0.05) is 6.42 Å². The van der Waals surface area contributed by atoms with Crippen molar-refractivity contribution in [2.45, 2.75) is 277 Å². The molecular weight excluding hydrogens is 767 g/mol. The maximum Gasteiger partial charge on any atom is 0.306 e. The molecule has 0 fully saturated rings. The van der Waals surface area contributed by atoms with Crippen molar-refractivity contribution in [3.8, 4) is 0 Å². The number of hydrogen-bond acceptors (Lipinski definition) is 5. The number of carbonyl (C=O) groups excluding carboxylic acids is 2. The summed E-state index contributed by atoms with van der Waals surface area (Å²) < 4.78 is 5.91. The number of carbonyl (C=O) groups is 2. The van der Waals surface area contributed by atoms with Gasteiger partial charge in [-0.15, -0.1) is 0 Å². The predicted molar refractivity (Wildman–Crippen MR) is 268 cm³/mol. The topological polar surface area (TPSA) is 95.9 Å². The molecule has 0 aliphatic rings. The van der Waals surface area contributed by atoms with Crippen LogP contribution in [0.15, 0.2) is 60.8 Å². The highest BCUT2D eigenvalue weighted by atomic mass is 16.5. The Labute approximate surface area is 384 Å². The van der Waals surface area contributed by atoms with E-state index in [1.54, 1.807) is 0 Å². The molecule has 0 heterocycles. The third kappa shape index (κ3) is 44.2. The Hall–Kier alpha value is -2.44. The van der Waals surface area contributed by atoms with Crippen LogP contribution < -0.4 is 5.32 Å². The van der Waals surface area contributed by atoms with E-state index in [4.69, 9.17) is 4.74 Å². The summed E-state index contributed by atoms with van der Waals surface area (Å²) in [4.78, 5) is 26.1. The number of hydrogen-bond donors (Lipinski definition) is 3. The molecule has 0 saturated heterocycles. The zero-order chi connectivity index (χ0) is 45.2. The SMILES string of the molecule is CCCCC/C=C/C=C/C=C/C=C/CCCCCCCC(=O)OC(CCC/C=C\CCCCCCCCC)CC(=O)NC(CO)C(O)CCCCCCCCCCCCCCC. The van der Waals surface area contributed by atoms with E-state index in [0.29, 0.717) is 19.3 Å². The first-order chi connectivity index (χ1) is 30.5. The lowest BCUT2D eigenvalue weighted by molar-refractivity contribution is -0.151. The van der Waals surface area contributed by atoms with Crippen molar-refractivity contribution in [2.75, 3.05) is 6.61 Å². The summed E-state index contributed by atoms with van der Waals surface area (Å²) in [5.41, 5.74) is 0. The van der Waals surface area contributed by atoms with Crippen LogP contribution in [0.4, 0.5) is 0 Å². The van der Waals surface area contributed by atoms with Gasteiger partial charge in [-0.1, -0.05) is 236 Å². The molecular formula is C56H101NO5. The Kier molecular flexibility index (Phi) is 47.6. The fourth-order valence-corrected chi connectivity index (χ4v) is 7.85. The maximum absolute atomic E-state index is 13.2. The molecule has 0 aromatic carbocycles. The summed E-state index contributed by atoms with van der Waals surface area (Å²) in [6.45, 7) is 6.43. The smallest absolute Gasteiger partial charge is 0.306 e. The Morgan fingerprint density at radius 2 is 0.855 bits per heavy atom. The van der Waals surface area contributed by atoms with Gasteiger partial charge in [0.2, 0.25) is 5.91 Å². The van der Waals surface area contributed by atoms with E-state index in [1.165, 1.54) is 128 Å². The molecule has 0 saturated carbocycles. The number of esters is 1. The van der Waals surface area contributed by atoms with Crippen LogP contribution in [-0.2, 0) is 14.3 Å². The molecule has 0 aromatic rings. The Morgan fingerprint density at radius 1 is 0.468 bits per heavy atom. The van der Waals surface area contributed by atoms with Crippen molar-refractivity contribution in [1.82, 2.24) is 5.32 Å². The lowest BCUT2D eigenvalue weighted by atomic mass is 10.0. The molecule has 6 nitrogen and oxygen atoms in total. The third-order valence-corrected chi connectivity index (χ3v) is 11.9. The van der Waals surface area contributed by atoms with Gasteiger partial charge in [0.15, 0.2) is 0 Å². The van der Waals surface area contributed by atoms with Crippen molar-refractivity contribution in [3.05, 3.63) is 60.8 Å². The normalized spacial score (nSPS) is 13.7. The van der Waals surface area contributed by atoms with Crippen LogP contribution in [0.3, 0.4) is 0 Å². The van der Waals surface area contributed by atoms with Crippen LogP contribution in [-0.4, -0.2) is 46.9 Å². The Morgan fingerprint density at radius 3 is 1.35 bits per heavy atom. The van der Waals surface area contributed by atoms with Gasteiger partial charge >= 0.3 is 5.97 Å². The molecule has 0 aliphatic heterocycles. The highest BCUT2D eigenvalue weighted by Gasteiger charge is 2.24. The van der Waals surface area contributed by atoms with Crippen molar-refractivity contribution in [3.63, 3.8) is 0 Å². The molecule has 0 radical (unpaired) electrons. The minimum Gasteiger partial charge on any atom is -0.462 e. The summed E-state index contributed by atoms with van der Waals surface area (Å²) in [6, 6.07) is -0.716. The van der Waals surface area contributed by atoms with E-state index in [0.717, 1.165) is 83.5 Å². The van der Waals surface area contributed by atoms with Crippen molar-refractivity contribution < 1.29 is 24.5 Å². The van der Waals surface area contributed by atoms with Crippen LogP contribution in [0.1, 0.15) is 258 Å². The van der Waals surface area contributed by atoms with Gasteiger partial charge in [0.25, 0.3) is 0 Å². The van der Waals surface area contributed by atoms with Gasteiger partial charge in [-0.3, -0.25) is 9.59 Å². The number of amides is 1. The van der Waals surface area contributed by atoms with Crippen molar-refractivity contribution in [1.29, 1.82) is 0 Å². The van der Waals surface area contributed by atoms with Crippen molar-refractivity contribution in [2.24, 2.45) is 0 Å². The van der Waals surface area contributed by atoms with E-state index in [2.05, 4.69) is 86.8 Å². The lowest BCUT2D eigenvalue weighted by Crippen LogP contribution is -2.46. The summed E-state index contributed by atoms with van der Waals surface area (Å²) in [6.07, 6.45) is 61.3. The highest BCUT2D eigenvalue weighted by Crippen LogP contribution is 2.17. The van der Waals surface area contributed by atoms with Crippen LogP contribution in [0.2, 0.25) is 0 Å². The second-order valence-corrected chi connectivity index (χ2v) is 18.0. The molecule has 6 heteroatoms. The predicted octanol–water partition coefficient (Wildman–Crippen LogP) is 16.0. The number of aliphatic hydroxyl groups excluding tert-OH is 2. The molecule has 0 aliphatic carbocycles. The van der Waals surface area contributed by atoms with Gasteiger partial charge in [-0.2, -0.15) is 0 Å². The minimum atomic E-state index is -0.799. The molecule has 3 N–H and O–H groups in total. The first kappa shape index (κ1) is 59.6. The monoisotopic (exact) mass is 868 g/mol. The average molecular weight is 868 g/mol. The van der Waals surface area contributed by atoms with Crippen LogP contribution >= 0.6 is 0 Å². The van der Waals surface area contributed by atoms with Gasteiger partial charge in [0.05, 0.1) is 25.2 Å². The number of nitrogens with one attached hydrogen (secondary N) is 1. The largest absolute Gasteiger partial charge is 0.462 e. The van der Waals surface area contributed by atoms with Crippen LogP contribution in [0.5, 0.6) is 0 Å². The van der Waals surface area contributed by atoms with Gasteiger partial charge in [-0.25, -0.2) is 0 Å². The standard InChI is InChI=1S/C56H101NO5/c1-4-7-10-13-16-19-22-25-26-27-28-29-31-34-37-40-43-46-49-56(61)62-52(47-44-41-38-35-32-24-21-18-15-12-9-6-3)50-55(60)57-53(51-58)54(59)48-45-42-39-36-33-30-23-20-17-14-11-8-5-2/h16,19,22,25-29,35,38,52-54,58-59H,4-15,17-18,20-21,23-24,30-34,36-37,39-51H2,1-3H3,(H,57,60)/b19-16+,25-22+,27-26+,29-28+,38-35-. The molecule has 62 heavy (non-hydrogen) atoms. The molecule has 0 aromatic heterocycles. The fourth-order valence-electron chi connectivity index (χ4n) is 7.85. The summed E-state index contributed by atoms with van der Waals surface area (Å²) in [7, 11) is 0. The summed E-state index contributed by atoms with van der Waals surface area (Å²) >= 11 is 0. The van der Waals surface area contributed by atoms with Crippen LogP contribution in [0.25, 0.3) is 0 Å². The van der Waals surface area contributed by atoms with Crippen LogP contribution in [0, 0.1) is 0 Å². The van der Waals surface area contributed by atoms with Crippen molar-refractivity contribution >= 4 is 11.9 Å². The lowest BCUT2D eigenvalue weighted by Gasteiger charge is -2.24.